The van der Waals surface area contributed by atoms with Crippen LogP contribution in [-0.2, 0) is 14.0 Å². The van der Waals surface area contributed by atoms with Crippen molar-refractivity contribution in [1.82, 2.24) is 0 Å². The molecular formula is C12H20O3Si. The molecule has 0 fully saturated rings. The van der Waals surface area contributed by atoms with E-state index in [0.29, 0.717) is 19.4 Å². The van der Waals surface area contributed by atoms with Gasteiger partial charge in [-0.3, -0.25) is 0 Å². The first-order chi connectivity index (χ1) is 7.42. The maximum Gasteiger partial charge on any atom is 0.333 e. The second kappa shape index (κ2) is 5.34. The molecule has 0 N–H and O–H groups in total. The van der Waals surface area contributed by atoms with Crippen molar-refractivity contribution in [2.75, 3.05) is 6.61 Å². The average Bonchev–Trinajstić information content (AvgIpc) is 2.16. The van der Waals surface area contributed by atoms with E-state index in [2.05, 4.69) is 19.6 Å². The van der Waals surface area contributed by atoms with E-state index in [1.54, 1.807) is 0 Å². The first-order valence-electron chi connectivity index (χ1n) is 5.66. The van der Waals surface area contributed by atoms with Gasteiger partial charge in [0.15, 0.2) is 0 Å². The van der Waals surface area contributed by atoms with Gasteiger partial charge in [0.05, 0.1) is 12.4 Å². The molecule has 0 aliphatic heterocycles. The Morgan fingerprint density at radius 1 is 1.31 bits per heavy atom. The molecule has 0 atom stereocenters. The topological polar surface area (TPSA) is 35.5 Å². The summed E-state index contributed by atoms with van der Waals surface area (Å²) in [5.74, 6) is 0.790. The fraction of sp³-hybridized carbons (Fsp3) is 0.583. The third-order valence-corrected chi connectivity index (χ3v) is 2.95. The minimum absolute atomic E-state index is 0.203. The highest BCUT2D eigenvalue weighted by Gasteiger charge is 2.20. The van der Waals surface area contributed by atoms with Crippen molar-refractivity contribution < 1.29 is 14.0 Å². The van der Waals surface area contributed by atoms with Crippen LogP contribution in [0.5, 0.6) is 0 Å². The molecule has 1 aliphatic carbocycles. The Balaban J connectivity index is 2.50. The number of carbonyl (C=O) groups excluding carboxylic acids is 1. The van der Waals surface area contributed by atoms with Crippen LogP contribution < -0.4 is 0 Å². The fourth-order valence-electron chi connectivity index (χ4n) is 1.48. The first-order valence-corrected chi connectivity index (χ1v) is 9.07. The van der Waals surface area contributed by atoms with E-state index in [-0.39, 0.29) is 5.97 Å². The zero-order valence-electron chi connectivity index (χ0n) is 10.5. The van der Waals surface area contributed by atoms with Crippen LogP contribution in [0.3, 0.4) is 0 Å². The lowest BCUT2D eigenvalue weighted by molar-refractivity contribution is -0.138. The van der Waals surface area contributed by atoms with Gasteiger partial charge >= 0.3 is 5.97 Å². The van der Waals surface area contributed by atoms with Gasteiger partial charge in [0.25, 0.3) is 0 Å². The van der Waals surface area contributed by atoms with Crippen LogP contribution in [0, 0.1) is 0 Å². The van der Waals surface area contributed by atoms with Gasteiger partial charge < -0.3 is 9.16 Å². The SMILES string of the molecule is CCOC(=O)C1=CCC(O[Si](C)(C)C)=CC1. The van der Waals surface area contributed by atoms with Gasteiger partial charge in [-0.1, -0.05) is 6.08 Å². The third kappa shape index (κ3) is 4.22. The molecule has 3 nitrogen and oxygen atoms in total. The van der Waals surface area contributed by atoms with Crippen molar-refractivity contribution in [3.63, 3.8) is 0 Å². The molecule has 0 radical (unpaired) electrons. The highest BCUT2D eigenvalue weighted by atomic mass is 28.4. The van der Waals surface area contributed by atoms with E-state index in [1.165, 1.54) is 0 Å². The Morgan fingerprint density at radius 3 is 2.44 bits per heavy atom. The Kier molecular flexibility index (Phi) is 4.35. The number of hydrogen-bond donors (Lipinski definition) is 0. The molecule has 4 heteroatoms. The Hall–Kier alpha value is -1.03. The summed E-state index contributed by atoms with van der Waals surface area (Å²) in [5, 5.41) is 0. The maximum atomic E-state index is 11.4. The van der Waals surface area contributed by atoms with E-state index in [1.807, 2.05) is 19.1 Å². The van der Waals surface area contributed by atoms with E-state index >= 15 is 0 Å². The second-order valence-corrected chi connectivity index (χ2v) is 9.17. The van der Waals surface area contributed by atoms with Crippen molar-refractivity contribution in [2.24, 2.45) is 0 Å². The molecule has 0 aromatic carbocycles. The van der Waals surface area contributed by atoms with Crippen LogP contribution in [-0.4, -0.2) is 20.9 Å². The van der Waals surface area contributed by atoms with E-state index in [9.17, 15) is 4.79 Å². The standard InChI is InChI=1S/C12H20O3Si/c1-5-14-12(13)10-6-8-11(9-7-10)15-16(2,3)4/h6,9H,5,7-8H2,1-4H3. The van der Waals surface area contributed by atoms with Crippen molar-refractivity contribution in [3.05, 3.63) is 23.5 Å². The van der Waals surface area contributed by atoms with Crippen molar-refractivity contribution in [3.8, 4) is 0 Å². The summed E-state index contributed by atoms with van der Waals surface area (Å²) in [6.07, 6.45) is 5.23. The van der Waals surface area contributed by atoms with Gasteiger partial charge in [0.1, 0.15) is 0 Å². The van der Waals surface area contributed by atoms with Crippen LogP contribution in [0.25, 0.3) is 0 Å². The third-order valence-electron chi connectivity index (χ3n) is 2.07. The summed E-state index contributed by atoms with van der Waals surface area (Å²) in [6.45, 7) is 8.70. The minimum atomic E-state index is -1.52. The highest BCUT2D eigenvalue weighted by Crippen LogP contribution is 2.22. The highest BCUT2D eigenvalue weighted by molar-refractivity contribution is 6.70. The Labute approximate surface area is 98.3 Å². The number of rotatable bonds is 4. The molecule has 0 aromatic heterocycles. The van der Waals surface area contributed by atoms with Gasteiger partial charge in [0.2, 0.25) is 8.32 Å². The number of ether oxygens (including phenoxy) is 1. The van der Waals surface area contributed by atoms with Crippen molar-refractivity contribution in [1.29, 1.82) is 0 Å². The smallest absolute Gasteiger partial charge is 0.333 e. The number of carbonyl (C=O) groups is 1. The zero-order chi connectivity index (χ0) is 12.2. The molecule has 0 bridgehead atoms. The zero-order valence-corrected chi connectivity index (χ0v) is 11.5. The molecule has 0 amide bonds. The molecule has 0 unspecified atom stereocenters. The maximum absolute atomic E-state index is 11.4. The van der Waals surface area contributed by atoms with Crippen molar-refractivity contribution in [2.45, 2.75) is 39.4 Å². The van der Waals surface area contributed by atoms with Crippen LogP contribution >= 0.6 is 0 Å². The lowest BCUT2D eigenvalue weighted by Crippen LogP contribution is -2.25. The molecule has 0 aromatic rings. The summed E-state index contributed by atoms with van der Waals surface area (Å²) in [5.41, 5.74) is 0.741. The molecule has 1 aliphatic rings. The predicted molar refractivity (Wildman–Crippen MR) is 66.5 cm³/mol. The summed E-state index contributed by atoms with van der Waals surface area (Å²) in [6, 6.07) is 0. The van der Waals surface area contributed by atoms with Gasteiger partial charge in [0, 0.05) is 18.4 Å². The fourth-order valence-corrected chi connectivity index (χ4v) is 2.43. The summed E-state index contributed by atoms with van der Waals surface area (Å²) in [7, 11) is -1.52. The van der Waals surface area contributed by atoms with E-state index in [0.717, 1.165) is 11.3 Å². The van der Waals surface area contributed by atoms with Crippen LogP contribution in [0.2, 0.25) is 19.6 Å². The quantitative estimate of drug-likeness (QED) is 0.560. The van der Waals surface area contributed by atoms with Gasteiger partial charge in [-0.05, 0) is 32.6 Å². The van der Waals surface area contributed by atoms with Crippen LogP contribution in [0.4, 0.5) is 0 Å². The van der Waals surface area contributed by atoms with Gasteiger partial charge in [-0.2, -0.15) is 0 Å². The first kappa shape index (κ1) is 13.0. The number of allylic oxidation sites excluding steroid dienone is 2. The minimum Gasteiger partial charge on any atom is -0.547 e. The molecule has 90 valence electrons. The molecule has 16 heavy (non-hydrogen) atoms. The Morgan fingerprint density at radius 2 is 2.00 bits per heavy atom. The lowest BCUT2D eigenvalue weighted by atomic mass is 10.1. The molecule has 0 spiro atoms. The molecular weight excluding hydrogens is 220 g/mol. The number of esters is 1. The number of hydrogen-bond acceptors (Lipinski definition) is 3. The lowest BCUT2D eigenvalue weighted by Gasteiger charge is -2.23. The molecule has 0 saturated carbocycles. The largest absolute Gasteiger partial charge is 0.547 e. The van der Waals surface area contributed by atoms with Crippen molar-refractivity contribution >= 4 is 14.3 Å². The predicted octanol–water partition coefficient (Wildman–Crippen LogP) is 3.01. The monoisotopic (exact) mass is 240 g/mol. The summed E-state index contributed by atoms with van der Waals surface area (Å²) in [4.78, 5) is 11.4. The van der Waals surface area contributed by atoms with Gasteiger partial charge in [-0.25, -0.2) is 4.79 Å². The second-order valence-electron chi connectivity index (χ2n) is 4.74. The molecule has 0 saturated heterocycles. The van der Waals surface area contributed by atoms with Crippen LogP contribution in [0.15, 0.2) is 23.5 Å². The molecule has 0 heterocycles. The summed E-state index contributed by atoms with van der Waals surface area (Å²) >= 11 is 0. The van der Waals surface area contributed by atoms with Crippen LogP contribution in [0.1, 0.15) is 19.8 Å². The van der Waals surface area contributed by atoms with E-state index < -0.39 is 8.32 Å². The average molecular weight is 240 g/mol. The summed E-state index contributed by atoms with van der Waals surface area (Å²) < 4.78 is 10.8. The Bertz CT molecular complexity index is 324. The van der Waals surface area contributed by atoms with Gasteiger partial charge in [-0.15, -0.1) is 0 Å². The van der Waals surface area contributed by atoms with E-state index in [4.69, 9.17) is 9.16 Å². The normalized spacial score (nSPS) is 16.2. The molecule has 1 rings (SSSR count).